The highest BCUT2D eigenvalue weighted by molar-refractivity contribution is 5.65. The molecule has 0 unspecified atom stereocenters. The van der Waals surface area contributed by atoms with E-state index in [1.54, 1.807) is 5.01 Å². The van der Waals surface area contributed by atoms with Crippen molar-refractivity contribution >= 4 is 18.2 Å². The zero-order chi connectivity index (χ0) is 25.0. The average molecular weight is 478 g/mol. The maximum absolute atomic E-state index is 5.13. The topological polar surface area (TPSA) is 52.8 Å². The second kappa shape index (κ2) is 8.91. The number of rotatable bonds is 7. The van der Waals surface area contributed by atoms with Crippen LogP contribution in [0.1, 0.15) is 73.7 Å². The van der Waals surface area contributed by atoms with Gasteiger partial charge in [-0.05, 0) is 84.4 Å². The minimum Gasteiger partial charge on any atom is -0.366 e. The molecule has 1 aliphatic heterocycles. The van der Waals surface area contributed by atoms with E-state index in [1.807, 2.05) is 7.05 Å². The highest BCUT2D eigenvalue weighted by Gasteiger charge is 2.50. The zero-order valence-corrected chi connectivity index (χ0v) is 22.7. The molecular weight excluding hydrogens is 434 g/mol. The molecule has 0 radical (unpaired) electrons. The monoisotopic (exact) mass is 477 g/mol. The number of aromatic nitrogens is 3. The molecule has 0 atom stereocenters. The van der Waals surface area contributed by atoms with Crippen LogP contribution in [-0.2, 0) is 19.5 Å². The van der Waals surface area contributed by atoms with Crippen molar-refractivity contribution in [2.24, 2.45) is 10.5 Å². The van der Waals surface area contributed by atoms with Crippen molar-refractivity contribution in [2.45, 2.75) is 91.3 Å². The normalized spacial score (nSPS) is 25.7. The molecule has 0 amide bonds. The number of anilines is 2. The molecule has 3 heterocycles. The number of pyridine rings is 1. The van der Waals surface area contributed by atoms with Gasteiger partial charge in [0.2, 0.25) is 0 Å². The summed E-state index contributed by atoms with van der Waals surface area (Å²) in [4.78, 5) is 9.84. The molecule has 2 aromatic heterocycles. The smallest absolute Gasteiger partial charge is 0.153 e. The van der Waals surface area contributed by atoms with Gasteiger partial charge in [0.15, 0.2) is 5.82 Å². The highest BCUT2D eigenvalue weighted by atomic mass is 15.5. The van der Waals surface area contributed by atoms with E-state index < -0.39 is 0 Å². The van der Waals surface area contributed by atoms with Crippen LogP contribution >= 0.6 is 0 Å². The Balaban J connectivity index is 1.36. The summed E-state index contributed by atoms with van der Waals surface area (Å²) in [7, 11) is 4.24. The zero-order valence-electron chi connectivity index (χ0n) is 22.7. The van der Waals surface area contributed by atoms with Crippen molar-refractivity contribution in [3.8, 4) is 0 Å². The molecule has 3 saturated carbocycles. The molecular formula is C28H43N7. The summed E-state index contributed by atoms with van der Waals surface area (Å²) in [6.45, 7) is 16.6. The van der Waals surface area contributed by atoms with Gasteiger partial charge in [0.1, 0.15) is 0 Å². The van der Waals surface area contributed by atoms with E-state index in [4.69, 9.17) is 10.1 Å². The van der Waals surface area contributed by atoms with E-state index in [1.165, 1.54) is 61.2 Å². The van der Waals surface area contributed by atoms with Crippen molar-refractivity contribution < 1.29 is 0 Å². The fraction of sp³-hybridized carbons (Fsp3) is 0.679. The molecule has 0 aromatic carbocycles. The van der Waals surface area contributed by atoms with Crippen LogP contribution in [-0.4, -0.2) is 59.1 Å². The van der Waals surface area contributed by atoms with E-state index in [2.05, 4.69) is 67.1 Å². The van der Waals surface area contributed by atoms with Gasteiger partial charge >= 0.3 is 0 Å². The van der Waals surface area contributed by atoms with Crippen molar-refractivity contribution in [3.05, 3.63) is 34.3 Å². The van der Waals surface area contributed by atoms with E-state index >= 15 is 0 Å². The standard InChI is InChI=1S/C28H43N7/c1-8-32(6)28-13-10-27(11-14-28,12-15-28)19-35-24-9-16-34(18-23(24)22(4)31-35)25-17-20(2)30-26(21(25)3)33(7)29-5/h17H,5,8-16,18-19H2,1-4,6-7H3. The van der Waals surface area contributed by atoms with E-state index in [0.29, 0.717) is 11.0 Å². The first-order valence-electron chi connectivity index (χ1n) is 13.4. The van der Waals surface area contributed by atoms with Gasteiger partial charge in [-0.1, -0.05) is 6.92 Å². The van der Waals surface area contributed by atoms with Gasteiger partial charge in [-0.25, -0.2) is 4.98 Å². The SMILES string of the molecule is C=NN(C)c1nc(C)cc(N2CCc3c(c(C)nn3CC34CCC(N(C)CC)(CC3)CC4)C2)c1C. The third-order valence-electron chi connectivity index (χ3n) is 9.67. The first-order valence-corrected chi connectivity index (χ1v) is 13.4. The summed E-state index contributed by atoms with van der Waals surface area (Å²) in [6, 6.07) is 2.21. The lowest BCUT2D eigenvalue weighted by Gasteiger charge is -2.57. The van der Waals surface area contributed by atoms with E-state index in [9.17, 15) is 0 Å². The van der Waals surface area contributed by atoms with Crippen LogP contribution in [0.5, 0.6) is 0 Å². The lowest BCUT2D eigenvalue weighted by Crippen LogP contribution is -2.56. The lowest BCUT2D eigenvalue weighted by atomic mass is 9.56. The van der Waals surface area contributed by atoms with Crippen molar-refractivity contribution in [3.63, 3.8) is 0 Å². The van der Waals surface area contributed by atoms with E-state index in [-0.39, 0.29) is 0 Å². The Hall–Kier alpha value is -2.41. The van der Waals surface area contributed by atoms with Gasteiger partial charge < -0.3 is 9.80 Å². The third-order valence-corrected chi connectivity index (χ3v) is 9.67. The maximum atomic E-state index is 5.13. The largest absolute Gasteiger partial charge is 0.366 e. The summed E-state index contributed by atoms with van der Waals surface area (Å²) in [5.74, 6) is 0.881. The van der Waals surface area contributed by atoms with Crippen LogP contribution in [0.25, 0.3) is 0 Å². The highest BCUT2D eigenvalue weighted by Crippen LogP contribution is 2.55. The molecule has 0 N–H and O–H groups in total. The Morgan fingerprint density at radius 2 is 1.77 bits per heavy atom. The van der Waals surface area contributed by atoms with Crippen LogP contribution in [0.3, 0.4) is 0 Å². The number of hydrazone groups is 1. The van der Waals surface area contributed by atoms with Crippen molar-refractivity contribution in [1.82, 2.24) is 19.7 Å². The van der Waals surface area contributed by atoms with Gasteiger partial charge in [-0.2, -0.15) is 10.2 Å². The van der Waals surface area contributed by atoms with Gasteiger partial charge in [-0.15, -0.1) is 0 Å². The number of fused-ring (bicyclic) bond motifs is 4. The molecule has 3 fully saturated rings. The molecule has 2 bridgehead atoms. The summed E-state index contributed by atoms with van der Waals surface area (Å²) < 4.78 is 2.41. The molecule has 190 valence electrons. The van der Waals surface area contributed by atoms with Crippen LogP contribution < -0.4 is 9.91 Å². The Morgan fingerprint density at radius 3 is 2.40 bits per heavy atom. The molecule has 35 heavy (non-hydrogen) atoms. The molecule has 4 aliphatic rings. The average Bonchev–Trinajstić information content (AvgIpc) is 3.19. The van der Waals surface area contributed by atoms with Gasteiger partial charge in [0.05, 0.1) is 5.69 Å². The third kappa shape index (κ3) is 4.05. The van der Waals surface area contributed by atoms with Crippen LogP contribution in [0.15, 0.2) is 11.2 Å². The van der Waals surface area contributed by atoms with Crippen LogP contribution in [0.2, 0.25) is 0 Å². The van der Waals surface area contributed by atoms with Gasteiger partial charge in [-0.3, -0.25) is 9.69 Å². The summed E-state index contributed by atoms with van der Waals surface area (Å²) in [6.07, 6.45) is 9.14. The first kappa shape index (κ1) is 24.3. The van der Waals surface area contributed by atoms with Crippen molar-refractivity contribution in [2.75, 3.05) is 37.1 Å². The van der Waals surface area contributed by atoms with Gasteiger partial charge in [0, 0.05) is 73.6 Å². The number of aryl methyl sites for hydroxylation is 2. The van der Waals surface area contributed by atoms with E-state index in [0.717, 1.165) is 49.7 Å². The second-order valence-electron chi connectivity index (χ2n) is 11.5. The lowest BCUT2D eigenvalue weighted by molar-refractivity contribution is -0.0502. The molecule has 2 aromatic rings. The Labute approximate surface area is 211 Å². The molecule has 3 aliphatic carbocycles. The van der Waals surface area contributed by atoms with Crippen LogP contribution in [0, 0.1) is 26.2 Å². The quantitative estimate of drug-likeness (QED) is 0.421. The Bertz CT molecular complexity index is 1090. The summed E-state index contributed by atoms with van der Waals surface area (Å²) in [5.41, 5.74) is 8.40. The Kier molecular flexibility index (Phi) is 6.19. The van der Waals surface area contributed by atoms with Gasteiger partial charge in [0.25, 0.3) is 0 Å². The fourth-order valence-corrected chi connectivity index (χ4v) is 7.12. The number of hydrogen-bond acceptors (Lipinski definition) is 6. The molecule has 6 rings (SSSR count). The number of nitrogens with zero attached hydrogens (tertiary/aromatic N) is 7. The van der Waals surface area contributed by atoms with Crippen molar-refractivity contribution in [1.29, 1.82) is 0 Å². The minimum atomic E-state index is 0.440. The Morgan fingerprint density at radius 1 is 1.09 bits per heavy atom. The molecule has 0 spiro atoms. The fourth-order valence-electron chi connectivity index (χ4n) is 7.12. The first-order chi connectivity index (χ1) is 16.7. The molecule has 7 heteroatoms. The predicted molar refractivity (Wildman–Crippen MR) is 145 cm³/mol. The minimum absolute atomic E-state index is 0.440. The predicted octanol–water partition coefficient (Wildman–Crippen LogP) is 4.86. The summed E-state index contributed by atoms with van der Waals surface area (Å²) >= 11 is 0. The van der Waals surface area contributed by atoms with Crippen LogP contribution in [0.4, 0.5) is 11.5 Å². The number of hydrogen-bond donors (Lipinski definition) is 0. The molecule has 7 nitrogen and oxygen atoms in total. The second-order valence-corrected chi connectivity index (χ2v) is 11.5. The maximum Gasteiger partial charge on any atom is 0.153 e. The summed E-state index contributed by atoms with van der Waals surface area (Å²) in [5, 5.41) is 11.0. The molecule has 0 saturated heterocycles.